The summed E-state index contributed by atoms with van der Waals surface area (Å²) >= 11 is 0. The number of hydrogen-bond donors (Lipinski definition) is 0. The highest BCUT2D eigenvalue weighted by Crippen LogP contribution is 2.25. The van der Waals surface area contributed by atoms with Crippen LogP contribution in [0.2, 0.25) is 0 Å². The van der Waals surface area contributed by atoms with E-state index in [4.69, 9.17) is 0 Å². The van der Waals surface area contributed by atoms with Gasteiger partial charge >= 0.3 is 0 Å². The molecule has 0 aromatic carbocycles. The Hall–Kier alpha value is -1.37. The smallest absolute Gasteiger partial charge is 0.0701 e. The first kappa shape index (κ1) is 9.20. The lowest BCUT2D eigenvalue weighted by atomic mass is 9.97. The second kappa shape index (κ2) is 3.79. The van der Waals surface area contributed by atoms with Crippen LogP contribution in [0.4, 0.5) is 0 Å². The topological polar surface area (TPSA) is 12.9 Å². The number of pyridine rings is 1. The quantitative estimate of drug-likeness (QED) is 0.651. The van der Waals surface area contributed by atoms with E-state index in [-0.39, 0.29) is 0 Å². The van der Waals surface area contributed by atoms with Crippen molar-refractivity contribution in [2.75, 3.05) is 0 Å². The molecule has 0 unspecified atom stereocenters. The molecule has 0 saturated heterocycles. The summed E-state index contributed by atoms with van der Waals surface area (Å²) in [5.74, 6) is 0.558. The van der Waals surface area contributed by atoms with Crippen LogP contribution in [0.15, 0.2) is 24.4 Å². The first-order valence-electron chi connectivity index (χ1n) is 5.11. The fraction of sp³-hybridized carbons (Fsp3) is 0.308. The molecule has 1 aliphatic rings. The standard InChI is InChI=1S/C13H15N/c1-10(2)11-8-9-14-13-7-5-3-4-6-12(11)13/h4-10H,3H2,1-2H3. The van der Waals surface area contributed by atoms with Crippen molar-refractivity contribution in [1.29, 1.82) is 0 Å². The third-order valence-corrected chi connectivity index (χ3v) is 2.51. The summed E-state index contributed by atoms with van der Waals surface area (Å²) in [5, 5.41) is 0. The van der Waals surface area contributed by atoms with E-state index in [0.29, 0.717) is 5.92 Å². The molecule has 1 heterocycles. The van der Waals surface area contributed by atoms with Crippen molar-refractivity contribution in [3.63, 3.8) is 0 Å². The lowest BCUT2D eigenvalue weighted by molar-refractivity contribution is 0.859. The van der Waals surface area contributed by atoms with Gasteiger partial charge in [-0.15, -0.1) is 0 Å². The predicted molar refractivity (Wildman–Crippen MR) is 61.0 cm³/mol. The molecule has 0 bridgehead atoms. The van der Waals surface area contributed by atoms with Crippen molar-refractivity contribution in [2.24, 2.45) is 0 Å². The molecule has 0 spiro atoms. The Bertz CT molecular complexity index is 386. The lowest BCUT2D eigenvalue weighted by Crippen LogP contribution is -1.96. The third-order valence-electron chi connectivity index (χ3n) is 2.51. The zero-order valence-corrected chi connectivity index (χ0v) is 8.70. The number of fused-ring (bicyclic) bond motifs is 1. The van der Waals surface area contributed by atoms with E-state index in [1.807, 2.05) is 6.20 Å². The Kier molecular flexibility index (Phi) is 2.49. The molecule has 0 fully saturated rings. The molecule has 1 aliphatic carbocycles. The van der Waals surface area contributed by atoms with Crippen molar-refractivity contribution in [2.45, 2.75) is 26.2 Å². The Balaban J connectivity index is 2.60. The highest BCUT2D eigenvalue weighted by atomic mass is 14.7. The fourth-order valence-electron chi connectivity index (χ4n) is 1.77. The van der Waals surface area contributed by atoms with Crippen LogP contribution in [0.5, 0.6) is 0 Å². The van der Waals surface area contributed by atoms with Gasteiger partial charge in [0.15, 0.2) is 0 Å². The van der Waals surface area contributed by atoms with Crippen molar-refractivity contribution in [1.82, 2.24) is 4.98 Å². The molecular formula is C13H15N. The van der Waals surface area contributed by atoms with Gasteiger partial charge in [-0.25, -0.2) is 0 Å². The van der Waals surface area contributed by atoms with Gasteiger partial charge in [-0.1, -0.05) is 32.1 Å². The van der Waals surface area contributed by atoms with E-state index in [1.54, 1.807) is 0 Å². The van der Waals surface area contributed by atoms with Gasteiger partial charge in [-0.2, -0.15) is 0 Å². The summed E-state index contributed by atoms with van der Waals surface area (Å²) in [4.78, 5) is 4.38. The molecule has 0 aliphatic heterocycles. The second-order valence-corrected chi connectivity index (χ2v) is 3.89. The molecule has 0 saturated carbocycles. The first-order chi connectivity index (χ1) is 6.79. The van der Waals surface area contributed by atoms with Gasteiger partial charge in [0, 0.05) is 11.8 Å². The zero-order chi connectivity index (χ0) is 9.97. The summed E-state index contributed by atoms with van der Waals surface area (Å²) < 4.78 is 0. The highest BCUT2D eigenvalue weighted by molar-refractivity contribution is 5.67. The third kappa shape index (κ3) is 1.63. The zero-order valence-electron chi connectivity index (χ0n) is 8.70. The molecule has 1 heteroatoms. The Morgan fingerprint density at radius 1 is 1.21 bits per heavy atom. The number of nitrogens with zero attached hydrogens (tertiary/aromatic N) is 1. The molecular weight excluding hydrogens is 170 g/mol. The van der Waals surface area contributed by atoms with Crippen LogP contribution in [0.25, 0.3) is 12.2 Å². The molecule has 1 aromatic rings. The fourth-order valence-corrected chi connectivity index (χ4v) is 1.77. The van der Waals surface area contributed by atoms with Crippen LogP contribution in [-0.4, -0.2) is 4.98 Å². The van der Waals surface area contributed by atoms with Crippen LogP contribution in [0.1, 0.15) is 43.0 Å². The van der Waals surface area contributed by atoms with Crippen molar-refractivity contribution in [3.8, 4) is 0 Å². The van der Waals surface area contributed by atoms with Crippen LogP contribution in [-0.2, 0) is 0 Å². The summed E-state index contributed by atoms with van der Waals surface area (Å²) in [6, 6.07) is 2.12. The number of hydrogen-bond acceptors (Lipinski definition) is 1. The molecule has 2 rings (SSSR count). The number of aromatic nitrogens is 1. The van der Waals surface area contributed by atoms with Gasteiger partial charge in [-0.05, 0) is 30.0 Å². The van der Waals surface area contributed by atoms with Crippen LogP contribution < -0.4 is 0 Å². The molecule has 0 atom stereocenters. The monoisotopic (exact) mass is 185 g/mol. The summed E-state index contributed by atoms with van der Waals surface area (Å²) in [6.07, 6.45) is 11.6. The van der Waals surface area contributed by atoms with E-state index in [9.17, 15) is 0 Å². The van der Waals surface area contributed by atoms with Gasteiger partial charge in [0.1, 0.15) is 0 Å². The number of rotatable bonds is 1. The minimum absolute atomic E-state index is 0.558. The maximum Gasteiger partial charge on any atom is 0.0701 e. The van der Waals surface area contributed by atoms with Crippen LogP contribution >= 0.6 is 0 Å². The minimum Gasteiger partial charge on any atom is -0.256 e. The van der Waals surface area contributed by atoms with Gasteiger partial charge in [0.2, 0.25) is 0 Å². The van der Waals surface area contributed by atoms with Gasteiger partial charge in [0.25, 0.3) is 0 Å². The predicted octanol–water partition coefficient (Wildman–Crippen LogP) is 3.64. The lowest BCUT2D eigenvalue weighted by Gasteiger charge is -2.11. The minimum atomic E-state index is 0.558. The Morgan fingerprint density at radius 2 is 2.00 bits per heavy atom. The van der Waals surface area contributed by atoms with Crippen molar-refractivity contribution in [3.05, 3.63) is 41.2 Å². The first-order valence-corrected chi connectivity index (χ1v) is 5.11. The molecule has 0 amide bonds. The average molecular weight is 185 g/mol. The molecule has 1 nitrogen and oxygen atoms in total. The van der Waals surface area contributed by atoms with E-state index in [2.05, 4.69) is 49.2 Å². The van der Waals surface area contributed by atoms with Crippen molar-refractivity contribution < 1.29 is 0 Å². The second-order valence-electron chi connectivity index (χ2n) is 3.89. The van der Waals surface area contributed by atoms with Gasteiger partial charge in [-0.3, -0.25) is 4.98 Å². The van der Waals surface area contributed by atoms with E-state index < -0.39 is 0 Å². The van der Waals surface area contributed by atoms with Gasteiger partial charge in [0.05, 0.1) is 5.69 Å². The maximum absolute atomic E-state index is 4.38. The maximum atomic E-state index is 4.38. The van der Waals surface area contributed by atoms with Gasteiger partial charge < -0.3 is 0 Å². The molecule has 0 radical (unpaired) electrons. The molecule has 0 N–H and O–H groups in total. The van der Waals surface area contributed by atoms with Crippen LogP contribution in [0, 0.1) is 0 Å². The molecule has 1 aromatic heterocycles. The largest absolute Gasteiger partial charge is 0.256 e. The SMILES string of the molecule is CC(C)c1ccnc2c1C=CCC=C2. The average Bonchev–Trinajstić information content (AvgIpc) is 2.41. The van der Waals surface area contributed by atoms with E-state index in [0.717, 1.165) is 12.1 Å². The normalized spacial score (nSPS) is 14.2. The molecule has 14 heavy (non-hydrogen) atoms. The van der Waals surface area contributed by atoms with E-state index in [1.165, 1.54) is 11.1 Å². The summed E-state index contributed by atoms with van der Waals surface area (Å²) in [6.45, 7) is 4.44. The van der Waals surface area contributed by atoms with Crippen LogP contribution in [0.3, 0.4) is 0 Å². The number of allylic oxidation sites excluding steroid dienone is 2. The van der Waals surface area contributed by atoms with Crippen molar-refractivity contribution >= 4 is 12.2 Å². The summed E-state index contributed by atoms with van der Waals surface area (Å²) in [7, 11) is 0. The Labute approximate surface area is 85.2 Å². The highest BCUT2D eigenvalue weighted by Gasteiger charge is 2.08. The van der Waals surface area contributed by atoms with E-state index >= 15 is 0 Å². The molecule has 72 valence electrons. The Morgan fingerprint density at radius 3 is 2.79 bits per heavy atom. The summed E-state index contributed by atoms with van der Waals surface area (Å²) in [5.41, 5.74) is 3.78.